The van der Waals surface area contributed by atoms with Gasteiger partial charge in [0.1, 0.15) is 84.3 Å². The van der Waals surface area contributed by atoms with Gasteiger partial charge in [0, 0.05) is 209 Å². The van der Waals surface area contributed by atoms with E-state index < -0.39 is 0 Å². The van der Waals surface area contributed by atoms with Crippen LogP contribution < -0.4 is 110 Å². The lowest BCUT2D eigenvalue weighted by Gasteiger charge is -2.34. The molecule has 2 aromatic carbocycles. The predicted molar refractivity (Wildman–Crippen MR) is 445 cm³/mol. The molecule has 19 nitrogen and oxygen atoms in total. The van der Waals surface area contributed by atoms with Crippen LogP contribution in [0, 0.1) is 27.7 Å². The number of rotatable bonds is 0. The van der Waals surface area contributed by atoms with E-state index >= 15 is 0 Å². The Morgan fingerprint density at radius 3 is 0.930 bits per heavy atom. The van der Waals surface area contributed by atoms with Crippen LogP contribution in [0.3, 0.4) is 0 Å². The molecule has 10 aliphatic heterocycles. The smallest absolute Gasteiger partial charge is 0.264 e. The maximum atomic E-state index is 4.66. The van der Waals surface area contributed by atoms with E-state index in [1.807, 2.05) is 31.1 Å². The van der Waals surface area contributed by atoms with Gasteiger partial charge in [-0.2, -0.15) is 0 Å². The van der Waals surface area contributed by atoms with Gasteiger partial charge in [0.15, 0.2) is 47.8 Å². The highest BCUT2D eigenvalue weighted by molar-refractivity contribution is 6.99. The van der Waals surface area contributed by atoms with Gasteiger partial charge < -0.3 is 0 Å². The fourth-order valence-corrected chi connectivity index (χ4v) is 21.5. The third kappa shape index (κ3) is 11.3. The Balaban J connectivity index is 0.0000000900. The van der Waals surface area contributed by atoms with Crippen LogP contribution in [0.15, 0.2) is 197 Å². The number of hydrogen-bond acceptors (Lipinski definition) is 13. The Bertz CT molecular complexity index is 5220. The van der Waals surface area contributed by atoms with Gasteiger partial charge in [-0.3, -0.25) is 9.97 Å². The Morgan fingerprint density at radius 2 is 0.513 bits per heavy atom. The fourth-order valence-electron chi connectivity index (χ4n) is 21.5. The summed E-state index contributed by atoms with van der Waals surface area (Å²) in [6.07, 6.45) is 37.9. The van der Waals surface area contributed by atoms with Gasteiger partial charge in [-0.05, 0) is 119 Å². The molecule has 0 radical (unpaired) electrons. The Kier molecular flexibility index (Phi) is 16.8. The first kappa shape index (κ1) is 70.2. The van der Waals surface area contributed by atoms with Gasteiger partial charge in [0.05, 0.1) is 12.6 Å². The molecule has 0 atom stereocenters. The molecule has 0 unspecified atom stereocenters. The van der Waals surface area contributed by atoms with Crippen LogP contribution in [0.1, 0.15) is 135 Å². The summed E-state index contributed by atoms with van der Waals surface area (Å²) in [4.78, 5) is 59.5. The minimum absolute atomic E-state index is 0.188. The summed E-state index contributed by atoms with van der Waals surface area (Å²) in [5, 5.41) is 0. The van der Waals surface area contributed by atoms with Crippen molar-refractivity contribution in [2.45, 2.75) is 91.9 Å². The van der Waals surface area contributed by atoms with Crippen LogP contribution in [-0.4, -0.2) is 98.4 Å². The first-order valence-corrected chi connectivity index (χ1v) is 40.1. The van der Waals surface area contributed by atoms with Crippen molar-refractivity contribution in [2.75, 3.05) is 0 Å². The highest BCUT2D eigenvalue weighted by Gasteiger charge is 2.52. The van der Waals surface area contributed by atoms with Crippen molar-refractivity contribution in [3.63, 3.8) is 0 Å². The van der Waals surface area contributed by atoms with Crippen LogP contribution in [-0.2, 0) is 106 Å². The molecule has 10 aliphatic rings. The van der Waals surface area contributed by atoms with E-state index in [2.05, 4.69) is 296 Å². The number of pyridine rings is 7. The van der Waals surface area contributed by atoms with Crippen molar-refractivity contribution in [3.8, 4) is 0 Å². The molecule has 25 rings (SSSR count). The summed E-state index contributed by atoms with van der Waals surface area (Å²) in [5.41, 5.74) is 50.9. The molecule has 115 heavy (non-hydrogen) atoms. The third-order valence-electron chi connectivity index (χ3n) is 26.2. The maximum absolute atomic E-state index is 4.66. The summed E-state index contributed by atoms with van der Waals surface area (Å²) in [5.74, 6) is 0. The summed E-state index contributed by atoms with van der Waals surface area (Å²) in [7, 11) is 12.8. The molecule has 550 valence electrons. The summed E-state index contributed by atoms with van der Waals surface area (Å²) in [6.45, 7) is 9.95. The zero-order valence-corrected chi connectivity index (χ0v) is 66.4. The molecule has 0 bridgehead atoms. The molecule has 15 aromatic rings. The topological polar surface area (TPSA) is 191 Å². The minimum Gasteiger partial charge on any atom is -0.264 e. The predicted octanol–water partition coefficient (Wildman–Crippen LogP) is -3.63. The van der Waals surface area contributed by atoms with E-state index in [1.165, 1.54) is 201 Å². The normalized spacial score (nSPS) is 14.1. The lowest BCUT2D eigenvalue weighted by Crippen LogP contribution is -2.75. The molecule has 0 saturated heterocycles. The molecule has 0 aliphatic carbocycles. The van der Waals surface area contributed by atoms with Gasteiger partial charge in [0.2, 0.25) is 6.71 Å². The van der Waals surface area contributed by atoms with Crippen molar-refractivity contribution in [1.29, 1.82) is 0 Å². The van der Waals surface area contributed by atoms with Crippen molar-refractivity contribution < 1.29 is 27.4 Å². The quantitative estimate of drug-likeness (QED) is 0.107. The SMILES string of the molecule is C[n+]1cccc2c1B1c3c(ncnc3Cc3ccc[n+](C)c31)C2.C[n+]1cccc2c1B1c3c(ncnc3Cc3cnc[n+](C)c31)C2.Cc1cccc2c1B1c3c(C)cncc3Cc3ncnc(c31)C2.Cc1cccc2c1B1c3c(ncnc3Cc3ccc[n+](C)c31)C2.Cc1ccnc2c1B1c3c(ncnc3C2)Cc2ccc[n+](C)c21. The average Bonchev–Trinajstić information content (AvgIpc) is 0.747. The Morgan fingerprint density at radius 1 is 0.226 bits per heavy atom. The molecule has 0 fully saturated rings. The lowest BCUT2D eigenvalue weighted by molar-refractivity contribution is -0.660. The van der Waals surface area contributed by atoms with Crippen LogP contribution in [0.5, 0.6) is 0 Å². The van der Waals surface area contributed by atoms with Gasteiger partial charge in [-0.25, -0.2) is 77.2 Å². The van der Waals surface area contributed by atoms with E-state index in [0.29, 0.717) is 0 Å². The molecule has 13 aromatic heterocycles. The molecule has 23 heterocycles. The van der Waals surface area contributed by atoms with E-state index in [0.717, 1.165) is 81.3 Å². The van der Waals surface area contributed by atoms with Gasteiger partial charge in [-0.1, -0.05) is 74.5 Å². The number of nitrogens with zero attached hydrogens (tertiary/aromatic N) is 19. The van der Waals surface area contributed by atoms with Crippen LogP contribution >= 0.6 is 0 Å². The lowest BCUT2D eigenvalue weighted by atomic mass is 9.30. The molecular weight excluding hydrogens is 1410 g/mol. The molecule has 24 heteroatoms. The maximum Gasteiger partial charge on any atom is 0.410 e. The summed E-state index contributed by atoms with van der Waals surface area (Å²) < 4.78 is 13.5. The minimum atomic E-state index is 0.188. The number of aryl methyl sites for hydroxylation is 10. The first-order chi connectivity index (χ1) is 56.2. The van der Waals surface area contributed by atoms with E-state index in [4.69, 9.17) is 0 Å². The van der Waals surface area contributed by atoms with Gasteiger partial charge >= 0.3 is 26.9 Å². The number of benzene rings is 2. The van der Waals surface area contributed by atoms with Crippen molar-refractivity contribution >= 4 is 116 Å². The second-order valence-corrected chi connectivity index (χ2v) is 32.7. The summed E-state index contributed by atoms with van der Waals surface area (Å²) in [6, 6.07) is 37.1. The molecule has 0 saturated carbocycles. The van der Waals surface area contributed by atoms with E-state index in [1.54, 1.807) is 31.6 Å². The van der Waals surface area contributed by atoms with Crippen LogP contribution in [0.4, 0.5) is 0 Å². The number of fused-ring (bicyclic) bond motifs is 20. The zero-order chi connectivity index (χ0) is 77.8. The standard InChI is InChI=1S/C19H17BN3.C19H16BN3.C18H17BN4.C18H16BN4.C17H16BN5/c1-12-5-3-6-13-9-15-18-16(22-11-21-15)10-14-7-4-8-23(2)19(14)20(18)17(12)13;1-11-4-3-5-13-6-15-19-16(23-10-22-15)7-14-9-21-8-12(2)18(14)20(19)17(11)13;1-22-7-3-5-12-9-14-16-15(21-11-20-14)10-13-6-4-8-23(2)18(13)19(16)17(12)22;1-11-5-6-20-14-9-15-17-13(21-10-22-15)8-12-4-3-7-23(2)18(12)19(17)16(11)14;1-22-5-3-4-11-6-13-15-14(21-9-20-13)7-12-8-19-10-23(2)17(12)18(15)16(11)22/h3-8,11H,9-10H2,1-2H3;3-5,8-10H,6-7H2,1-2H3;3-8,11H,9-10H2,1-2H3;3-7,10H,8-9H2,1-2H3;3-5,8-10H,6-7H2,1-2H3/q+1;;+2;+1;+2. The average molecular weight is 1500 g/mol. The Hall–Kier alpha value is -12.7. The second-order valence-electron chi connectivity index (χ2n) is 32.7. The van der Waals surface area contributed by atoms with Gasteiger partial charge in [-0.15, -0.1) is 0 Å². The fraction of sp³-hybridized carbons (Fsp3) is 0.220. The molecular formula is C91H82B5N19+6. The number of hydrogen-bond donors (Lipinski definition) is 0. The largest absolute Gasteiger partial charge is 0.410 e. The Labute approximate surface area is 670 Å². The second kappa shape index (κ2) is 27.6. The highest BCUT2D eigenvalue weighted by atomic mass is 15.0. The van der Waals surface area contributed by atoms with Crippen LogP contribution in [0.2, 0.25) is 0 Å². The third-order valence-corrected chi connectivity index (χ3v) is 26.2. The molecule has 0 amide bonds. The van der Waals surface area contributed by atoms with Crippen LogP contribution in [0.25, 0.3) is 0 Å². The van der Waals surface area contributed by atoms with Gasteiger partial charge in [0.25, 0.3) is 6.33 Å². The van der Waals surface area contributed by atoms with Crippen molar-refractivity contribution in [2.24, 2.45) is 42.3 Å². The molecule has 0 spiro atoms. The van der Waals surface area contributed by atoms with E-state index in [9.17, 15) is 0 Å². The first-order valence-electron chi connectivity index (χ1n) is 40.1. The monoisotopic (exact) mass is 1500 g/mol. The highest BCUT2D eigenvalue weighted by Crippen LogP contribution is 2.26. The zero-order valence-electron chi connectivity index (χ0n) is 66.4. The van der Waals surface area contributed by atoms with Crippen molar-refractivity contribution in [3.05, 3.63) is 332 Å². The number of aromatic nitrogens is 19. The summed E-state index contributed by atoms with van der Waals surface area (Å²) >= 11 is 0. The molecule has 0 N–H and O–H groups in total. The van der Waals surface area contributed by atoms with Crippen molar-refractivity contribution in [1.82, 2.24) is 64.8 Å². The van der Waals surface area contributed by atoms with E-state index in [-0.39, 0.29) is 33.6 Å².